The highest BCUT2D eigenvalue weighted by atomic mass is 16.3. The fourth-order valence-electron chi connectivity index (χ4n) is 4.05. The van der Waals surface area contributed by atoms with E-state index in [1.165, 1.54) is 0 Å². The van der Waals surface area contributed by atoms with Crippen LogP contribution < -0.4 is 5.73 Å². The average molecular weight is 248 g/mol. The van der Waals surface area contributed by atoms with Gasteiger partial charge in [-0.3, -0.25) is 4.98 Å². The Bertz CT molecular complexity index is 436. The Labute approximate surface area is 109 Å². The Morgan fingerprint density at radius 1 is 1.11 bits per heavy atom. The number of aromatic nitrogens is 1. The summed E-state index contributed by atoms with van der Waals surface area (Å²) in [6.07, 6.45) is 5.97. The fraction of sp³-hybridized carbons (Fsp3) is 0.667. The smallest absolute Gasteiger partial charge is 0.0941 e. The van der Waals surface area contributed by atoms with E-state index in [2.05, 4.69) is 32.7 Å². The van der Waals surface area contributed by atoms with Gasteiger partial charge in [-0.15, -0.1) is 0 Å². The molecule has 0 radical (unpaired) electrons. The molecule has 0 spiro atoms. The van der Waals surface area contributed by atoms with Crippen molar-refractivity contribution in [2.24, 2.45) is 10.8 Å². The Kier molecular flexibility index (Phi) is 2.93. The molecule has 1 aromatic rings. The standard InChI is InChI=1S/C15H24N2O/c1-13(2)8-14(3,4)10-15(18,9-13)11-7-17-6-5-12(11)16/h5-7,18H,8-10H2,1-4H3,(H2,16,17). The maximum atomic E-state index is 11.1. The van der Waals surface area contributed by atoms with Crippen molar-refractivity contribution < 1.29 is 5.11 Å². The van der Waals surface area contributed by atoms with Crippen molar-refractivity contribution in [3.63, 3.8) is 0 Å². The molecule has 0 bridgehead atoms. The Morgan fingerprint density at radius 3 is 2.17 bits per heavy atom. The Hall–Kier alpha value is -1.09. The fourth-order valence-corrected chi connectivity index (χ4v) is 4.05. The van der Waals surface area contributed by atoms with E-state index in [0.29, 0.717) is 5.69 Å². The second-order valence-electron chi connectivity index (χ2n) is 7.35. The van der Waals surface area contributed by atoms with Crippen molar-refractivity contribution in [3.8, 4) is 0 Å². The highest BCUT2D eigenvalue weighted by molar-refractivity contribution is 5.48. The molecule has 0 aliphatic heterocycles. The van der Waals surface area contributed by atoms with E-state index < -0.39 is 5.60 Å². The highest BCUT2D eigenvalue weighted by Crippen LogP contribution is 2.54. The van der Waals surface area contributed by atoms with Crippen molar-refractivity contribution in [2.45, 2.75) is 52.6 Å². The molecule has 0 saturated heterocycles. The third-order valence-corrected chi connectivity index (χ3v) is 3.86. The largest absolute Gasteiger partial charge is 0.398 e. The van der Waals surface area contributed by atoms with Crippen LogP contribution in [0, 0.1) is 10.8 Å². The van der Waals surface area contributed by atoms with Crippen LogP contribution >= 0.6 is 0 Å². The first kappa shape index (κ1) is 13.3. The molecule has 100 valence electrons. The van der Waals surface area contributed by atoms with Crippen LogP contribution in [0.5, 0.6) is 0 Å². The van der Waals surface area contributed by atoms with E-state index >= 15 is 0 Å². The summed E-state index contributed by atoms with van der Waals surface area (Å²) in [6, 6.07) is 1.77. The van der Waals surface area contributed by atoms with E-state index in [1.54, 1.807) is 18.5 Å². The minimum atomic E-state index is -0.858. The molecule has 0 aromatic carbocycles. The molecule has 1 aliphatic rings. The van der Waals surface area contributed by atoms with Crippen LogP contribution in [0.4, 0.5) is 5.69 Å². The molecule has 1 saturated carbocycles. The molecule has 3 heteroatoms. The minimum absolute atomic E-state index is 0.110. The maximum Gasteiger partial charge on any atom is 0.0941 e. The minimum Gasteiger partial charge on any atom is -0.398 e. The number of nitrogens with two attached hydrogens (primary N) is 1. The summed E-state index contributed by atoms with van der Waals surface area (Å²) in [5.74, 6) is 0. The number of rotatable bonds is 1. The number of anilines is 1. The number of hydrogen-bond donors (Lipinski definition) is 2. The molecule has 3 nitrogen and oxygen atoms in total. The van der Waals surface area contributed by atoms with Gasteiger partial charge in [0, 0.05) is 23.6 Å². The zero-order chi connectivity index (χ0) is 13.6. The average Bonchev–Trinajstić information content (AvgIpc) is 2.11. The van der Waals surface area contributed by atoms with Crippen molar-refractivity contribution >= 4 is 5.69 Å². The van der Waals surface area contributed by atoms with E-state index in [-0.39, 0.29) is 10.8 Å². The van der Waals surface area contributed by atoms with Crippen LogP contribution in [0.3, 0.4) is 0 Å². The van der Waals surface area contributed by atoms with Crippen molar-refractivity contribution in [2.75, 3.05) is 5.73 Å². The first-order valence-electron chi connectivity index (χ1n) is 6.56. The second-order valence-corrected chi connectivity index (χ2v) is 7.35. The molecular weight excluding hydrogens is 224 g/mol. The summed E-state index contributed by atoms with van der Waals surface area (Å²) in [6.45, 7) is 8.85. The maximum absolute atomic E-state index is 11.1. The van der Waals surface area contributed by atoms with Crippen LogP contribution in [-0.4, -0.2) is 10.1 Å². The van der Waals surface area contributed by atoms with E-state index in [9.17, 15) is 5.11 Å². The quantitative estimate of drug-likeness (QED) is 0.803. The van der Waals surface area contributed by atoms with Gasteiger partial charge in [-0.25, -0.2) is 0 Å². The topological polar surface area (TPSA) is 59.1 Å². The Morgan fingerprint density at radius 2 is 1.67 bits per heavy atom. The molecule has 3 N–H and O–H groups in total. The number of nitrogens with zero attached hydrogens (tertiary/aromatic N) is 1. The molecule has 1 fully saturated rings. The number of nitrogen functional groups attached to an aromatic ring is 1. The predicted molar refractivity (Wildman–Crippen MR) is 74.0 cm³/mol. The summed E-state index contributed by atoms with van der Waals surface area (Å²) in [5.41, 5.74) is 6.80. The van der Waals surface area contributed by atoms with Crippen LogP contribution in [0.2, 0.25) is 0 Å². The third-order valence-electron chi connectivity index (χ3n) is 3.86. The third kappa shape index (κ3) is 2.51. The van der Waals surface area contributed by atoms with Crippen molar-refractivity contribution in [1.29, 1.82) is 0 Å². The zero-order valence-electron chi connectivity index (χ0n) is 11.8. The van der Waals surface area contributed by atoms with Gasteiger partial charge in [0.1, 0.15) is 0 Å². The summed E-state index contributed by atoms with van der Waals surface area (Å²) in [5, 5.41) is 11.1. The van der Waals surface area contributed by atoms with Gasteiger partial charge >= 0.3 is 0 Å². The van der Waals surface area contributed by atoms with E-state index in [1.807, 2.05) is 0 Å². The first-order valence-corrected chi connectivity index (χ1v) is 6.56. The summed E-state index contributed by atoms with van der Waals surface area (Å²) in [4.78, 5) is 4.12. The lowest BCUT2D eigenvalue weighted by Gasteiger charge is -2.49. The molecule has 2 rings (SSSR count). The molecule has 0 amide bonds. The molecular formula is C15H24N2O. The molecule has 18 heavy (non-hydrogen) atoms. The first-order chi connectivity index (χ1) is 8.14. The van der Waals surface area contributed by atoms with Gasteiger partial charge in [-0.05, 0) is 36.2 Å². The van der Waals surface area contributed by atoms with Gasteiger partial charge in [0.25, 0.3) is 0 Å². The van der Waals surface area contributed by atoms with Crippen molar-refractivity contribution in [1.82, 2.24) is 4.98 Å². The normalized spacial score (nSPS) is 24.7. The second kappa shape index (κ2) is 3.95. The Balaban J connectivity index is 2.45. The lowest BCUT2D eigenvalue weighted by Crippen LogP contribution is -2.44. The summed E-state index contributed by atoms with van der Waals surface area (Å²) >= 11 is 0. The van der Waals surface area contributed by atoms with Gasteiger partial charge in [-0.2, -0.15) is 0 Å². The van der Waals surface area contributed by atoms with E-state index in [0.717, 1.165) is 24.8 Å². The number of pyridine rings is 1. The molecule has 1 heterocycles. The van der Waals surface area contributed by atoms with Gasteiger partial charge in [0.15, 0.2) is 0 Å². The van der Waals surface area contributed by atoms with Crippen LogP contribution in [0.25, 0.3) is 0 Å². The highest BCUT2D eigenvalue weighted by Gasteiger charge is 2.48. The lowest BCUT2D eigenvalue weighted by molar-refractivity contribution is -0.0909. The van der Waals surface area contributed by atoms with Crippen LogP contribution in [-0.2, 0) is 5.60 Å². The number of hydrogen-bond acceptors (Lipinski definition) is 3. The molecule has 0 atom stereocenters. The summed E-state index contributed by atoms with van der Waals surface area (Å²) in [7, 11) is 0. The number of aliphatic hydroxyl groups is 1. The van der Waals surface area contributed by atoms with Gasteiger partial charge in [0.05, 0.1) is 5.60 Å². The van der Waals surface area contributed by atoms with Crippen LogP contribution in [0.15, 0.2) is 18.5 Å². The molecule has 1 aromatic heterocycles. The van der Waals surface area contributed by atoms with Gasteiger partial charge in [-0.1, -0.05) is 27.7 Å². The van der Waals surface area contributed by atoms with Gasteiger partial charge < -0.3 is 10.8 Å². The lowest BCUT2D eigenvalue weighted by atomic mass is 9.58. The molecule has 0 unspecified atom stereocenters. The monoisotopic (exact) mass is 248 g/mol. The summed E-state index contributed by atoms with van der Waals surface area (Å²) < 4.78 is 0. The zero-order valence-corrected chi connectivity index (χ0v) is 11.8. The van der Waals surface area contributed by atoms with Crippen LogP contribution in [0.1, 0.15) is 52.5 Å². The molecule has 1 aliphatic carbocycles. The SMILES string of the molecule is CC1(C)CC(C)(C)CC(O)(c2cnccc2N)C1. The van der Waals surface area contributed by atoms with E-state index in [4.69, 9.17) is 5.73 Å². The predicted octanol–water partition coefficient (Wildman–Crippen LogP) is 3.09. The van der Waals surface area contributed by atoms with Gasteiger partial charge in [0.2, 0.25) is 0 Å². The van der Waals surface area contributed by atoms with Crippen molar-refractivity contribution in [3.05, 3.63) is 24.0 Å².